The Morgan fingerprint density at radius 1 is 1.67 bits per heavy atom. The van der Waals surface area contributed by atoms with E-state index in [4.69, 9.17) is 0 Å². The van der Waals surface area contributed by atoms with Crippen LogP contribution in [0.3, 0.4) is 0 Å². The van der Waals surface area contributed by atoms with Crippen LogP contribution in [0.4, 0.5) is 0 Å². The average molecular weight is 306 g/mol. The SMILES string of the molecule is CC(=O)CC(SCP)c1cncc(Br)c1. The van der Waals surface area contributed by atoms with Gasteiger partial charge in [0.2, 0.25) is 0 Å². The lowest BCUT2D eigenvalue weighted by atomic mass is 10.1. The molecule has 1 heterocycles. The molecule has 15 heavy (non-hydrogen) atoms. The summed E-state index contributed by atoms with van der Waals surface area (Å²) in [5.41, 5.74) is 2.02. The number of thioether (sulfide) groups is 1. The van der Waals surface area contributed by atoms with Crippen molar-refractivity contribution >= 4 is 42.7 Å². The maximum Gasteiger partial charge on any atom is 0.131 e. The van der Waals surface area contributed by atoms with Gasteiger partial charge in [-0.15, -0.1) is 21.0 Å². The van der Waals surface area contributed by atoms with Gasteiger partial charge in [-0.2, -0.15) is 0 Å². The van der Waals surface area contributed by atoms with Crippen LogP contribution < -0.4 is 0 Å². The summed E-state index contributed by atoms with van der Waals surface area (Å²) in [5, 5.41) is 0.213. The van der Waals surface area contributed by atoms with Crippen LogP contribution in [0.1, 0.15) is 24.2 Å². The van der Waals surface area contributed by atoms with Crippen molar-refractivity contribution in [1.29, 1.82) is 0 Å². The second kappa shape index (κ2) is 6.62. The van der Waals surface area contributed by atoms with Crippen molar-refractivity contribution in [3.63, 3.8) is 0 Å². The molecule has 0 spiro atoms. The summed E-state index contributed by atoms with van der Waals surface area (Å²) in [6.07, 6.45) is 4.14. The number of halogens is 1. The highest BCUT2D eigenvalue weighted by Gasteiger charge is 2.14. The van der Waals surface area contributed by atoms with Crippen LogP contribution in [0, 0.1) is 0 Å². The highest BCUT2D eigenvalue weighted by atomic mass is 79.9. The maximum atomic E-state index is 11.1. The fourth-order valence-corrected chi connectivity index (χ4v) is 3.24. The van der Waals surface area contributed by atoms with Crippen molar-refractivity contribution < 1.29 is 4.79 Å². The van der Waals surface area contributed by atoms with Crippen molar-refractivity contribution in [2.45, 2.75) is 18.6 Å². The van der Waals surface area contributed by atoms with Crippen LogP contribution in [0.2, 0.25) is 0 Å². The molecule has 0 amide bonds. The first kappa shape index (κ1) is 13.1. The first-order chi connectivity index (χ1) is 7.13. The third kappa shape index (κ3) is 4.62. The summed E-state index contributed by atoms with van der Waals surface area (Å²) >= 11 is 5.13. The lowest BCUT2D eigenvalue weighted by Crippen LogP contribution is -2.01. The molecule has 2 unspecified atom stereocenters. The van der Waals surface area contributed by atoms with Crippen LogP contribution in [-0.4, -0.2) is 16.3 Å². The molecule has 0 radical (unpaired) electrons. The number of rotatable bonds is 5. The van der Waals surface area contributed by atoms with Gasteiger partial charge in [0.15, 0.2) is 0 Å². The van der Waals surface area contributed by atoms with E-state index < -0.39 is 0 Å². The molecule has 0 bridgehead atoms. The van der Waals surface area contributed by atoms with Crippen LogP contribution >= 0.6 is 36.9 Å². The monoisotopic (exact) mass is 305 g/mol. The van der Waals surface area contributed by atoms with E-state index >= 15 is 0 Å². The Labute approximate surface area is 105 Å². The van der Waals surface area contributed by atoms with Gasteiger partial charge < -0.3 is 0 Å². The van der Waals surface area contributed by atoms with Gasteiger partial charge in [-0.05, 0) is 34.5 Å². The first-order valence-corrected chi connectivity index (χ1v) is 7.21. The van der Waals surface area contributed by atoms with Crippen molar-refractivity contribution in [3.05, 3.63) is 28.5 Å². The van der Waals surface area contributed by atoms with Crippen molar-refractivity contribution in [1.82, 2.24) is 4.98 Å². The van der Waals surface area contributed by atoms with Gasteiger partial charge in [-0.25, -0.2) is 0 Å². The van der Waals surface area contributed by atoms with Gasteiger partial charge in [0.25, 0.3) is 0 Å². The second-order valence-electron chi connectivity index (χ2n) is 3.16. The van der Waals surface area contributed by atoms with Gasteiger partial charge >= 0.3 is 0 Å². The molecule has 0 saturated carbocycles. The minimum atomic E-state index is 0.213. The Morgan fingerprint density at radius 2 is 2.40 bits per heavy atom. The van der Waals surface area contributed by atoms with Crippen LogP contribution in [0.25, 0.3) is 0 Å². The second-order valence-corrected chi connectivity index (χ2v) is 6.32. The smallest absolute Gasteiger partial charge is 0.131 e. The predicted octanol–water partition coefficient (Wildman–Crippen LogP) is 3.43. The number of aromatic nitrogens is 1. The van der Waals surface area contributed by atoms with Gasteiger partial charge in [-0.3, -0.25) is 9.78 Å². The summed E-state index contributed by atoms with van der Waals surface area (Å²) in [4.78, 5) is 15.3. The van der Waals surface area contributed by atoms with Gasteiger partial charge in [0.1, 0.15) is 5.78 Å². The standard InChI is InChI=1S/C10H13BrNOPS/c1-7(13)2-10(15-6-14)8-3-9(11)5-12-4-8/h3-5,10H,2,6,14H2,1H3. The average Bonchev–Trinajstić information content (AvgIpc) is 2.16. The Hall–Kier alpha value is 0.0800. The fourth-order valence-electron chi connectivity index (χ4n) is 1.25. The number of Topliss-reactive ketones (excluding diaryl/α,β-unsaturated/α-hetero) is 1. The Kier molecular flexibility index (Phi) is 5.80. The molecule has 0 N–H and O–H groups in total. The zero-order valence-electron chi connectivity index (χ0n) is 8.44. The number of nitrogens with zero attached hydrogens (tertiary/aromatic N) is 1. The molecule has 0 saturated heterocycles. The summed E-state index contributed by atoms with van der Waals surface area (Å²) in [6.45, 7) is 1.63. The van der Waals surface area contributed by atoms with Crippen molar-refractivity contribution in [2.24, 2.45) is 0 Å². The molecule has 5 heteroatoms. The molecule has 0 aliphatic carbocycles. The number of carbonyl (C=O) groups is 1. The van der Waals surface area contributed by atoms with Crippen LogP contribution in [0.15, 0.2) is 22.9 Å². The molecule has 0 aliphatic rings. The molecule has 0 fully saturated rings. The number of ketones is 1. The number of pyridine rings is 1. The van der Waals surface area contributed by atoms with E-state index in [1.54, 1.807) is 24.9 Å². The summed E-state index contributed by atoms with van der Waals surface area (Å²) in [6, 6.07) is 2.02. The molecule has 1 aromatic rings. The molecule has 2 nitrogen and oxygen atoms in total. The van der Waals surface area contributed by atoms with Gasteiger partial charge in [0.05, 0.1) is 0 Å². The van der Waals surface area contributed by atoms with Crippen LogP contribution in [-0.2, 0) is 4.79 Å². The Bertz CT molecular complexity index is 348. The molecule has 1 rings (SSSR count). The third-order valence-electron chi connectivity index (χ3n) is 1.87. The lowest BCUT2D eigenvalue weighted by molar-refractivity contribution is -0.117. The van der Waals surface area contributed by atoms with E-state index in [1.165, 1.54) is 0 Å². The van der Waals surface area contributed by atoms with Crippen molar-refractivity contribution in [3.8, 4) is 0 Å². The largest absolute Gasteiger partial charge is 0.300 e. The highest BCUT2D eigenvalue weighted by Crippen LogP contribution is 2.33. The number of carbonyl (C=O) groups excluding carboxylic acids is 1. The van der Waals surface area contributed by atoms with Crippen molar-refractivity contribution in [2.75, 3.05) is 5.49 Å². The topological polar surface area (TPSA) is 30.0 Å². The zero-order chi connectivity index (χ0) is 11.3. The summed E-state index contributed by atoms with van der Waals surface area (Å²) in [5.74, 6) is 0.214. The third-order valence-corrected chi connectivity index (χ3v) is 3.91. The molecular weight excluding hydrogens is 293 g/mol. The molecule has 82 valence electrons. The Balaban J connectivity index is 2.83. The number of hydrogen-bond donors (Lipinski definition) is 0. The zero-order valence-corrected chi connectivity index (χ0v) is 12.0. The summed E-state index contributed by atoms with van der Waals surface area (Å²) in [7, 11) is 2.67. The maximum absolute atomic E-state index is 11.1. The van der Waals surface area contributed by atoms with E-state index in [2.05, 4.69) is 30.2 Å². The van der Waals surface area contributed by atoms with E-state index in [-0.39, 0.29) is 11.0 Å². The predicted molar refractivity (Wildman–Crippen MR) is 72.1 cm³/mol. The van der Waals surface area contributed by atoms with E-state index in [1.807, 2.05) is 12.3 Å². The normalized spacial score (nSPS) is 12.5. The van der Waals surface area contributed by atoms with Crippen LogP contribution in [0.5, 0.6) is 0 Å². The van der Waals surface area contributed by atoms with E-state index in [9.17, 15) is 4.79 Å². The fraction of sp³-hybridized carbons (Fsp3) is 0.400. The Morgan fingerprint density at radius 3 is 2.93 bits per heavy atom. The molecule has 0 aliphatic heterocycles. The summed E-state index contributed by atoms with van der Waals surface area (Å²) < 4.78 is 0.956. The minimum absolute atomic E-state index is 0.213. The number of hydrogen-bond acceptors (Lipinski definition) is 3. The molecule has 1 aromatic heterocycles. The lowest BCUT2D eigenvalue weighted by Gasteiger charge is -2.14. The highest BCUT2D eigenvalue weighted by molar-refractivity contribution is 9.10. The molecule has 0 aromatic carbocycles. The first-order valence-electron chi connectivity index (χ1n) is 4.55. The van der Waals surface area contributed by atoms with E-state index in [0.29, 0.717) is 6.42 Å². The van der Waals surface area contributed by atoms with E-state index in [0.717, 1.165) is 15.5 Å². The molecule has 2 atom stereocenters. The van der Waals surface area contributed by atoms with Gasteiger partial charge in [0, 0.05) is 34.0 Å². The molecular formula is C10H13BrNOPS. The quantitative estimate of drug-likeness (QED) is 0.781. The van der Waals surface area contributed by atoms with Gasteiger partial charge in [-0.1, -0.05) is 0 Å². The minimum Gasteiger partial charge on any atom is -0.300 e.